The SMILES string of the molecule is CC1(C)CSC(c2ccc3c(c2)OCCO3)N1. The van der Waals surface area contributed by atoms with E-state index in [1.165, 1.54) is 5.56 Å². The van der Waals surface area contributed by atoms with Gasteiger partial charge in [-0.1, -0.05) is 6.07 Å². The van der Waals surface area contributed by atoms with Gasteiger partial charge in [0.05, 0.1) is 5.37 Å². The lowest BCUT2D eigenvalue weighted by Crippen LogP contribution is -2.35. The molecule has 0 amide bonds. The Morgan fingerprint density at radius 3 is 2.71 bits per heavy atom. The van der Waals surface area contributed by atoms with Crippen molar-refractivity contribution in [3.05, 3.63) is 23.8 Å². The lowest BCUT2D eigenvalue weighted by atomic mass is 10.1. The zero-order valence-corrected chi connectivity index (χ0v) is 11.0. The van der Waals surface area contributed by atoms with Gasteiger partial charge in [0.15, 0.2) is 11.5 Å². The molecule has 4 heteroatoms. The van der Waals surface area contributed by atoms with Crippen LogP contribution >= 0.6 is 11.8 Å². The lowest BCUT2D eigenvalue weighted by Gasteiger charge is -2.22. The number of thioether (sulfide) groups is 1. The first-order chi connectivity index (χ1) is 8.14. The van der Waals surface area contributed by atoms with Crippen molar-refractivity contribution >= 4 is 11.8 Å². The summed E-state index contributed by atoms with van der Waals surface area (Å²) in [6.07, 6.45) is 0. The van der Waals surface area contributed by atoms with Gasteiger partial charge in [-0.15, -0.1) is 11.8 Å². The summed E-state index contributed by atoms with van der Waals surface area (Å²) in [6.45, 7) is 5.76. The smallest absolute Gasteiger partial charge is 0.161 e. The average Bonchev–Trinajstić information content (AvgIpc) is 2.69. The molecule has 0 radical (unpaired) electrons. The number of hydrogen-bond donors (Lipinski definition) is 1. The van der Waals surface area contributed by atoms with Crippen molar-refractivity contribution in [2.45, 2.75) is 24.8 Å². The topological polar surface area (TPSA) is 30.5 Å². The van der Waals surface area contributed by atoms with Crippen LogP contribution in [-0.4, -0.2) is 24.5 Å². The summed E-state index contributed by atoms with van der Waals surface area (Å²) in [4.78, 5) is 0. The molecule has 0 aromatic heterocycles. The van der Waals surface area contributed by atoms with E-state index in [0.29, 0.717) is 18.6 Å². The zero-order valence-electron chi connectivity index (χ0n) is 10.2. The predicted molar refractivity (Wildman–Crippen MR) is 69.8 cm³/mol. The van der Waals surface area contributed by atoms with Crippen LogP contribution < -0.4 is 14.8 Å². The van der Waals surface area contributed by atoms with Gasteiger partial charge in [-0.3, -0.25) is 5.32 Å². The number of nitrogens with one attached hydrogen (secondary N) is 1. The van der Waals surface area contributed by atoms with Crippen LogP contribution in [0.3, 0.4) is 0 Å². The lowest BCUT2D eigenvalue weighted by molar-refractivity contribution is 0.171. The van der Waals surface area contributed by atoms with E-state index in [1.54, 1.807) is 0 Å². The molecular weight excluding hydrogens is 234 g/mol. The Morgan fingerprint density at radius 1 is 1.24 bits per heavy atom. The van der Waals surface area contributed by atoms with Gasteiger partial charge in [0.25, 0.3) is 0 Å². The molecule has 0 spiro atoms. The summed E-state index contributed by atoms with van der Waals surface area (Å²) in [6, 6.07) is 6.23. The Balaban J connectivity index is 1.84. The highest BCUT2D eigenvalue weighted by atomic mass is 32.2. The van der Waals surface area contributed by atoms with Crippen LogP contribution in [0, 0.1) is 0 Å². The van der Waals surface area contributed by atoms with E-state index in [1.807, 2.05) is 17.8 Å². The molecule has 1 fully saturated rings. The number of ether oxygens (including phenoxy) is 2. The van der Waals surface area contributed by atoms with Crippen molar-refractivity contribution in [1.29, 1.82) is 0 Å². The summed E-state index contributed by atoms with van der Waals surface area (Å²) in [5, 5.41) is 3.98. The van der Waals surface area contributed by atoms with Crippen molar-refractivity contribution in [2.24, 2.45) is 0 Å². The quantitative estimate of drug-likeness (QED) is 0.831. The molecule has 1 unspecified atom stereocenters. The second-order valence-electron chi connectivity index (χ2n) is 5.12. The maximum atomic E-state index is 5.61. The van der Waals surface area contributed by atoms with Gasteiger partial charge in [-0.05, 0) is 31.5 Å². The molecule has 0 aliphatic carbocycles. The van der Waals surface area contributed by atoms with Crippen molar-refractivity contribution < 1.29 is 9.47 Å². The van der Waals surface area contributed by atoms with Crippen LogP contribution in [0.4, 0.5) is 0 Å². The van der Waals surface area contributed by atoms with Crippen LogP contribution in [-0.2, 0) is 0 Å². The summed E-state index contributed by atoms with van der Waals surface area (Å²) in [5.41, 5.74) is 1.48. The van der Waals surface area contributed by atoms with E-state index >= 15 is 0 Å². The van der Waals surface area contributed by atoms with Crippen molar-refractivity contribution in [3.8, 4) is 11.5 Å². The van der Waals surface area contributed by atoms with Crippen molar-refractivity contribution in [1.82, 2.24) is 5.32 Å². The third-order valence-electron chi connectivity index (χ3n) is 3.00. The largest absolute Gasteiger partial charge is 0.486 e. The fourth-order valence-corrected chi connectivity index (χ4v) is 3.54. The second-order valence-corrected chi connectivity index (χ2v) is 6.22. The molecule has 2 aliphatic heterocycles. The fraction of sp³-hybridized carbons (Fsp3) is 0.538. The zero-order chi connectivity index (χ0) is 11.9. The van der Waals surface area contributed by atoms with E-state index in [0.717, 1.165) is 17.3 Å². The summed E-state index contributed by atoms with van der Waals surface area (Å²) in [5.74, 6) is 2.87. The maximum absolute atomic E-state index is 5.61. The molecule has 1 aromatic rings. The second kappa shape index (κ2) is 4.10. The number of hydrogen-bond acceptors (Lipinski definition) is 4. The molecule has 2 aliphatic rings. The minimum absolute atomic E-state index is 0.211. The van der Waals surface area contributed by atoms with Crippen LogP contribution in [0.2, 0.25) is 0 Å². The van der Waals surface area contributed by atoms with E-state index in [9.17, 15) is 0 Å². The van der Waals surface area contributed by atoms with E-state index in [-0.39, 0.29) is 5.54 Å². The van der Waals surface area contributed by atoms with E-state index in [2.05, 4.69) is 31.3 Å². The summed E-state index contributed by atoms with van der Waals surface area (Å²) in [7, 11) is 0. The Labute approximate surface area is 106 Å². The molecule has 1 atom stereocenters. The van der Waals surface area contributed by atoms with Gasteiger partial charge in [0, 0.05) is 11.3 Å². The van der Waals surface area contributed by atoms with Gasteiger partial charge >= 0.3 is 0 Å². The van der Waals surface area contributed by atoms with Crippen LogP contribution in [0.15, 0.2) is 18.2 Å². The Hall–Kier alpha value is -0.870. The maximum Gasteiger partial charge on any atom is 0.161 e. The molecule has 0 saturated carbocycles. The first kappa shape index (κ1) is 11.2. The highest BCUT2D eigenvalue weighted by Crippen LogP contribution is 2.40. The molecule has 1 aromatic carbocycles. The number of benzene rings is 1. The molecule has 2 heterocycles. The van der Waals surface area contributed by atoms with Gasteiger partial charge in [0.1, 0.15) is 13.2 Å². The molecule has 3 rings (SSSR count). The average molecular weight is 251 g/mol. The molecule has 3 nitrogen and oxygen atoms in total. The van der Waals surface area contributed by atoms with Gasteiger partial charge in [0.2, 0.25) is 0 Å². The highest BCUT2D eigenvalue weighted by Gasteiger charge is 2.31. The van der Waals surface area contributed by atoms with Crippen LogP contribution in [0.5, 0.6) is 11.5 Å². The van der Waals surface area contributed by atoms with Gasteiger partial charge in [-0.2, -0.15) is 0 Å². The van der Waals surface area contributed by atoms with Gasteiger partial charge in [-0.25, -0.2) is 0 Å². The minimum atomic E-state index is 0.211. The van der Waals surface area contributed by atoms with Gasteiger partial charge < -0.3 is 9.47 Å². The molecular formula is C13H17NO2S. The molecule has 0 bridgehead atoms. The predicted octanol–water partition coefficient (Wildman–Crippen LogP) is 2.57. The van der Waals surface area contributed by atoms with Crippen LogP contribution in [0.1, 0.15) is 24.8 Å². The standard InChI is InChI=1S/C13H17NO2S/c1-13(2)8-17-12(14-13)9-3-4-10-11(7-9)16-6-5-15-10/h3-4,7,12,14H,5-6,8H2,1-2H3. The Morgan fingerprint density at radius 2 is 2.00 bits per heavy atom. The molecule has 17 heavy (non-hydrogen) atoms. The monoisotopic (exact) mass is 251 g/mol. The first-order valence-corrected chi connectivity index (χ1v) is 6.98. The third kappa shape index (κ3) is 2.24. The normalized spacial score (nSPS) is 25.9. The van der Waals surface area contributed by atoms with Crippen molar-refractivity contribution in [3.63, 3.8) is 0 Å². The van der Waals surface area contributed by atoms with Crippen molar-refractivity contribution in [2.75, 3.05) is 19.0 Å². The first-order valence-electron chi connectivity index (χ1n) is 5.93. The number of rotatable bonds is 1. The molecule has 1 N–H and O–H groups in total. The molecule has 1 saturated heterocycles. The third-order valence-corrected chi connectivity index (χ3v) is 4.61. The summed E-state index contributed by atoms with van der Waals surface area (Å²) >= 11 is 1.95. The summed E-state index contributed by atoms with van der Waals surface area (Å²) < 4.78 is 11.1. The van der Waals surface area contributed by atoms with Crippen LogP contribution in [0.25, 0.3) is 0 Å². The molecule has 92 valence electrons. The van der Waals surface area contributed by atoms with E-state index in [4.69, 9.17) is 9.47 Å². The fourth-order valence-electron chi connectivity index (χ4n) is 2.13. The minimum Gasteiger partial charge on any atom is -0.486 e. The van der Waals surface area contributed by atoms with E-state index < -0.39 is 0 Å². The highest BCUT2D eigenvalue weighted by molar-refractivity contribution is 7.99. The Kier molecular flexibility index (Phi) is 2.71. The Bertz CT molecular complexity index is 433. The number of fused-ring (bicyclic) bond motifs is 1.